The Balaban J connectivity index is 2.25. The topological polar surface area (TPSA) is 88.6 Å². The number of piperazine rings is 1. The summed E-state index contributed by atoms with van der Waals surface area (Å²) in [6, 6.07) is 3.12. The number of hydrogen-bond acceptors (Lipinski definition) is 5. The van der Waals surface area contributed by atoms with Gasteiger partial charge in [-0.05, 0) is 12.1 Å². The van der Waals surface area contributed by atoms with Gasteiger partial charge in [-0.15, -0.1) is 0 Å². The van der Waals surface area contributed by atoms with Crippen LogP contribution in [-0.2, 0) is 9.59 Å². The van der Waals surface area contributed by atoms with E-state index in [0.717, 1.165) is 4.90 Å². The minimum absolute atomic E-state index is 0.150. The van der Waals surface area contributed by atoms with Gasteiger partial charge in [-0.1, -0.05) is 0 Å². The van der Waals surface area contributed by atoms with Gasteiger partial charge in [-0.2, -0.15) is 0 Å². The standard InChI is InChI=1S/C11H11N3O4/c1-18-10-7(3-2-4-12-10)11(17)14-5-8(15)13-9(16)6-14/h2-4H,5-6H2,1H3,(H,13,15,16). The molecule has 7 heteroatoms. The second-order valence-corrected chi connectivity index (χ2v) is 3.69. The first-order chi connectivity index (χ1) is 8.61. The van der Waals surface area contributed by atoms with E-state index in [2.05, 4.69) is 10.3 Å². The highest BCUT2D eigenvalue weighted by Crippen LogP contribution is 2.16. The summed E-state index contributed by atoms with van der Waals surface area (Å²) >= 11 is 0. The molecule has 2 rings (SSSR count). The van der Waals surface area contributed by atoms with Crippen molar-refractivity contribution in [3.8, 4) is 5.88 Å². The predicted octanol–water partition coefficient (Wildman–Crippen LogP) is -0.811. The van der Waals surface area contributed by atoms with Crippen LogP contribution in [0, 0.1) is 0 Å². The molecule has 3 amide bonds. The number of pyridine rings is 1. The van der Waals surface area contributed by atoms with E-state index in [1.165, 1.54) is 19.4 Å². The summed E-state index contributed by atoms with van der Waals surface area (Å²) in [7, 11) is 1.40. The average Bonchev–Trinajstić information content (AvgIpc) is 2.36. The Bertz CT molecular complexity index is 499. The van der Waals surface area contributed by atoms with Gasteiger partial charge < -0.3 is 9.64 Å². The van der Waals surface area contributed by atoms with Gasteiger partial charge in [0.25, 0.3) is 5.91 Å². The molecule has 1 aliphatic heterocycles. The summed E-state index contributed by atoms with van der Waals surface area (Å²) < 4.78 is 4.97. The third kappa shape index (κ3) is 2.29. The molecule has 0 bridgehead atoms. The zero-order chi connectivity index (χ0) is 13.1. The van der Waals surface area contributed by atoms with E-state index in [4.69, 9.17) is 4.74 Å². The van der Waals surface area contributed by atoms with E-state index in [0.29, 0.717) is 0 Å². The molecule has 1 fully saturated rings. The summed E-state index contributed by atoms with van der Waals surface area (Å²) in [5.41, 5.74) is 0.225. The molecule has 1 N–H and O–H groups in total. The SMILES string of the molecule is COc1ncccc1C(=O)N1CC(=O)NC(=O)C1. The molecule has 0 atom stereocenters. The summed E-state index contributed by atoms with van der Waals surface area (Å²) in [6.07, 6.45) is 1.49. The number of hydrogen-bond donors (Lipinski definition) is 1. The lowest BCUT2D eigenvalue weighted by Gasteiger charge is -2.25. The van der Waals surface area contributed by atoms with E-state index in [-0.39, 0.29) is 24.5 Å². The van der Waals surface area contributed by atoms with Gasteiger partial charge in [0.15, 0.2) is 0 Å². The van der Waals surface area contributed by atoms with Crippen LogP contribution in [0.3, 0.4) is 0 Å². The highest BCUT2D eigenvalue weighted by molar-refractivity contribution is 6.06. The Hall–Kier alpha value is -2.44. The highest BCUT2D eigenvalue weighted by atomic mass is 16.5. The fraction of sp³-hybridized carbons (Fsp3) is 0.273. The van der Waals surface area contributed by atoms with Crippen LogP contribution < -0.4 is 10.1 Å². The predicted molar refractivity (Wildman–Crippen MR) is 59.8 cm³/mol. The van der Waals surface area contributed by atoms with Crippen LogP contribution in [0.5, 0.6) is 5.88 Å². The van der Waals surface area contributed by atoms with E-state index >= 15 is 0 Å². The van der Waals surface area contributed by atoms with Crippen LogP contribution >= 0.6 is 0 Å². The lowest BCUT2D eigenvalue weighted by Crippen LogP contribution is -2.53. The van der Waals surface area contributed by atoms with Crippen molar-refractivity contribution in [1.82, 2.24) is 15.2 Å². The molecule has 94 valence electrons. The van der Waals surface area contributed by atoms with Gasteiger partial charge >= 0.3 is 0 Å². The maximum absolute atomic E-state index is 12.1. The van der Waals surface area contributed by atoms with Gasteiger partial charge in [-0.25, -0.2) is 4.98 Å². The minimum atomic E-state index is -0.498. The van der Waals surface area contributed by atoms with Gasteiger partial charge in [0.1, 0.15) is 18.7 Å². The molecule has 0 aliphatic carbocycles. The molecule has 0 unspecified atom stereocenters. The first-order valence-corrected chi connectivity index (χ1v) is 5.23. The van der Waals surface area contributed by atoms with Crippen molar-refractivity contribution in [2.45, 2.75) is 0 Å². The van der Waals surface area contributed by atoms with Crippen LogP contribution in [-0.4, -0.2) is 47.8 Å². The monoisotopic (exact) mass is 249 g/mol. The van der Waals surface area contributed by atoms with Crippen molar-refractivity contribution in [1.29, 1.82) is 0 Å². The zero-order valence-corrected chi connectivity index (χ0v) is 9.67. The highest BCUT2D eigenvalue weighted by Gasteiger charge is 2.28. The normalized spacial score (nSPS) is 15.3. The van der Waals surface area contributed by atoms with Gasteiger partial charge in [0.2, 0.25) is 17.7 Å². The van der Waals surface area contributed by atoms with Crippen molar-refractivity contribution >= 4 is 17.7 Å². The summed E-state index contributed by atoms with van der Waals surface area (Å²) in [4.78, 5) is 39.6. The van der Waals surface area contributed by atoms with Crippen molar-refractivity contribution < 1.29 is 19.1 Å². The van der Waals surface area contributed by atoms with E-state index < -0.39 is 17.7 Å². The molecule has 0 aromatic carbocycles. The Labute approximate surface area is 103 Å². The first-order valence-electron chi connectivity index (χ1n) is 5.23. The minimum Gasteiger partial charge on any atom is -0.480 e. The summed E-state index contributed by atoms with van der Waals surface area (Å²) in [5.74, 6) is -1.28. The molecule has 1 aliphatic rings. The Kier molecular flexibility index (Phi) is 3.22. The van der Waals surface area contributed by atoms with Crippen LogP contribution in [0.2, 0.25) is 0 Å². The fourth-order valence-electron chi connectivity index (χ4n) is 1.67. The second-order valence-electron chi connectivity index (χ2n) is 3.69. The Morgan fingerprint density at radius 1 is 1.39 bits per heavy atom. The molecular formula is C11H11N3O4. The number of amides is 3. The second kappa shape index (κ2) is 4.82. The van der Waals surface area contributed by atoms with Gasteiger partial charge in [0, 0.05) is 6.20 Å². The van der Waals surface area contributed by atoms with Crippen LogP contribution in [0.15, 0.2) is 18.3 Å². The van der Waals surface area contributed by atoms with Crippen LogP contribution in [0.4, 0.5) is 0 Å². The summed E-state index contributed by atoms with van der Waals surface area (Å²) in [6.45, 7) is -0.300. The van der Waals surface area contributed by atoms with Gasteiger partial charge in [-0.3, -0.25) is 19.7 Å². The number of rotatable bonds is 2. The largest absolute Gasteiger partial charge is 0.480 e. The third-order valence-electron chi connectivity index (χ3n) is 2.43. The van der Waals surface area contributed by atoms with E-state index in [9.17, 15) is 14.4 Å². The zero-order valence-electron chi connectivity index (χ0n) is 9.67. The Morgan fingerprint density at radius 3 is 2.67 bits per heavy atom. The van der Waals surface area contributed by atoms with Crippen molar-refractivity contribution in [2.24, 2.45) is 0 Å². The molecule has 18 heavy (non-hydrogen) atoms. The smallest absolute Gasteiger partial charge is 0.260 e. The van der Waals surface area contributed by atoms with Gasteiger partial charge in [0.05, 0.1) is 7.11 Å². The molecule has 0 saturated carbocycles. The number of carbonyl (C=O) groups is 3. The fourth-order valence-corrected chi connectivity index (χ4v) is 1.67. The van der Waals surface area contributed by atoms with Crippen LogP contribution in [0.1, 0.15) is 10.4 Å². The summed E-state index contributed by atoms with van der Waals surface area (Å²) in [5, 5.41) is 2.13. The maximum Gasteiger partial charge on any atom is 0.260 e. The molecular weight excluding hydrogens is 238 g/mol. The van der Waals surface area contributed by atoms with Crippen LogP contribution in [0.25, 0.3) is 0 Å². The maximum atomic E-state index is 12.1. The van der Waals surface area contributed by atoms with E-state index in [1.807, 2.05) is 0 Å². The molecule has 1 aromatic rings. The average molecular weight is 249 g/mol. The lowest BCUT2D eigenvalue weighted by molar-refractivity contribution is -0.135. The quantitative estimate of drug-likeness (QED) is 0.692. The molecule has 0 spiro atoms. The first kappa shape index (κ1) is 12.0. The molecule has 7 nitrogen and oxygen atoms in total. The number of carbonyl (C=O) groups excluding carboxylic acids is 3. The van der Waals surface area contributed by atoms with Crippen molar-refractivity contribution in [3.05, 3.63) is 23.9 Å². The third-order valence-corrected chi connectivity index (χ3v) is 2.43. The van der Waals surface area contributed by atoms with E-state index in [1.54, 1.807) is 6.07 Å². The number of ether oxygens (including phenoxy) is 1. The van der Waals surface area contributed by atoms with Crippen molar-refractivity contribution in [3.63, 3.8) is 0 Å². The molecule has 1 saturated heterocycles. The molecule has 0 radical (unpaired) electrons. The number of methoxy groups -OCH3 is 1. The number of nitrogens with zero attached hydrogens (tertiary/aromatic N) is 2. The molecule has 2 heterocycles. The Morgan fingerprint density at radius 2 is 2.06 bits per heavy atom. The lowest BCUT2D eigenvalue weighted by atomic mass is 10.2. The number of aromatic nitrogens is 1. The number of nitrogens with one attached hydrogen (secondary N) is 1. The molecule has 1 aromatic heterocycles. The number of imide groups is 1. The van der Waals surface area contributed by atoms with Crippen molar-refractivity contribution in [2.75, 3.05) is 20.2 Å².